The maximum absolute atomic E-state index is 4.60. The van der Waals surface area contributed by atoms with Crippen LogP contribution in [-0.2, 0) is 6.42 Å². The molecule has 0 aliphatic heterocycles. The first kappa shape index (κ1) is 13.9. The molecule has 0 amide bonds. The van der Waals surface area contributed by atoms with Crippen LogP contribution in [0.3, 0.4) is 0 Å². The molecule has 0 saturated heterocycles. The first-order valence-corrected chi connectivity index (χ1v) is 7.30. The Bertz CT molecular complexity index is 406. The molecule has 0 aromatic carbocycles. The molecule has 1 aromatic heterocycles. The minimum absolute atomic E-state index is 0.837. The lowest BCUT2D eigenvalue weighted by Crippen LogP contribution is -2.38. The molecular weight excluding hydrogens is 238 g/mol. The topological polar surface area (TPSA) is 65.1 Å². The van der Waals surface area contributed by atoms with Crippen molar-refractivity contribution >= 4 is 5.96 Å². The molecule has 5 nitrogen and oxygen atoms in total. The highest BCUT2D eigenvalue weighted by atomic mass is 15.2. The smallest absolute Gasteiger partial charge is 0.191 e. The van der Waals surface area contributed by atoms with Crippen molar-refractivity contribution in [3.63, 3.8) is 0 Å². The van der Waals surface area contributed by atoms with Crippen LogP contribution < -0.4 is 10.6 Å². The van der Waals surface area contributed by atoms with Crippen LogP contribution in [0.5, 0.6) is 0 Å². The summed E-state index contributed by atoms with van der Waals surface area (Å²) in [5.41, 5.74) is 2.48. The van der Waals surface area contributed by atoms with E-state index in [1.54, 1.807) is 0 Å². The number of aliphatic imine (C=N–C) groups is 1. The molecular formula is C14H25N5. The van der Waals surface area contributed by atoms with Gasteiger partial charge in [0.2, 0.25) is 0 Å². The number of aromatic nitrogens is 2. The zero-order chi connectivity index (χ0) is 13.5. The predicted molar refractivity (Wildman–Crippen MR) is 78.4 cm³/mol. The van der Waals surface area contributed by atoms with E-state index in [0.717, 1.165) is 44.4 Å². The minimum atomic E-state index is 0.837. The van der Waals surface area contributed by atoms with E-state index >= 15 is 0 Å². The number of nitrogens with zero attached hydrogens (tertiary/aromatic N) is 2. The summed E-state index contributed by atoms with van der Waals surface area (Å²) in [5.74, 6) is 1.79. The van der Waals surface area contributed by atoms with E-state index in [1.165, 1.54) is 24.1 Å². The first-order chi connectivity index (χ1) is 9.29. The molecule has 0 bridgehead atoms. The third-order valence-electron chi connectivity index (χ3n) is 3.40. The van der Waals surface area contributed by atoms with Gasteiger partial charge in [-0.25, -0.2) is 0 Å². The van der Waals surface area contributed by atoms with Crippen molar-refractivity contribution in [1.82, 2.24) is 20.8 Å². The third kappa shape index (κ3) is 4.93. The van der Waals surface area contributed by atoms with Gasteiger partial charge in [-0.3, -0.25) is 10.1 Å². The molecule has 0 radical (unpaired) electrons. The fourth-order valence-corrected chi connectivity index (χ4v) is 1.98. The van der Waals surface area contributed by atoms with Crippen LogP contribution >= 0.6 is 0 Å². The molecule has 5 heteroatoms. The zero-order valence-electron chi connectivity index (χ0n) is 12.0. The van der Waals surface area contributed by atoms with Gasteiger partial charge in [-0.1, -0.05) is 0 Å². The number of H-pyrrole nitrogens is 1. The molecule has 19 heavy (non-hydrogen) atoms. The number of hydrogen-bond acceptors (Lipinski definition) is 2. The average molecular weight is 263 g/mol. The van der Waals surface area contributed by atoms with Crippen molar-refractivity contribution in [2.24, 2.45) is 10.9 Å². The molecule has 1 fully saturated rings. The minimum Gasteiger partial charge on any atom is -0.357 e. The second-order valence-corrected chi connectivity index (χ2v) is 5.21. The lowest BCUT2D eigenvalue weighted by Gasteiger charge is -2.10. The van der Waals surface area contributed by atoms with Gasteiger partial charge in [-0.15, -0.1) is 0 Å². The molecule has 1 aliphatic carbocycles. The van der Waals surface area contributed by atoms with Crippen LogP contribution in [0, 0.1) is 12.8 Å². The Hall–Kier alpha value is -1.52. The van der Waals surface area contributed by atoms with Gasteiger partial charge in [0.05, 0.1) is 6.20 Å². The summed E-state index contributed by atoms with van der Waals surface area (Å²) in [6.45, 7) is 6.99. The lowest BCUT2D eigenvalue weighted by atomic mass is 10.1. The van der Waals surface area contributed by atoms with Crippen LogP contribution in [0.15, 0.2) is 11.2 Å². The lowest BCUT2D eigenvalue weighted by molar-refractivity contribution is 0.735. The molecule has 1 aliphatic rings. The summed E-state index contributed by atoms with van der Waals surface area (Å²) in [6.07, 6.45) is 6.76. The average Bonchev–Trinajstić information content (AvgIpc) is 3.14. The Morgan fingerprint density at radius 2 is 2.32 bits per heavy atom. The van der Waals surface area contributed by atoms with Crippen molar-refractivity contribution in [1.29, 1.82) is 0 Å². The van der Waals surface area contributed by atoms with Gasteiger partial charge in [0.1, 0.15) is 0 Å². The van der Waals surface area contributed by atoms with Gasteiger partial charge in [-0.05, 0) is 51.0 Å². The fraction of sp³-hybridized carbons (Fsp3) is 0.714. The van der Waals surface area contributed by atoms with Crippen molar-refractivity contribution < 1.29 is 0 Å². The van der Waals surface area contributed by atoms with Crippen LogP contribution in [0.4, 0.5) is 0 Å². The molecule has 3 N–H and O–H groups in total. The van der Waals surface area contributed by atoms with Crippen LogP contribution in [-0.4, -0.2) is 35.8 Å². The second kappa shape index (κ2) is 7.16. The first-order valence-electron chi connectivity index (χ1n) is 7.30. The predicted octanol–water partition coefficient (Wildman–Crippen LogP) is 1.62. The quantitative estimate of drug-likeness (QED) is 0.398. The largest absolute Gasteiger partial charge is 0.357 e. The molecule has 0 unspecified atom stereocenters. The fourth-order valence-electron chi connectivity index (χ4n) is 1.98. The summed E-state index contributed by atoms with van der Waals surface area (Å²) in [5, 5.41) is 13.7. The van der Waals surface area contributed by atoms with Crippen molar-refractivity contribution in [3.8, 4) is 0 Å². The van der Waals surface area contributed by atoms with E-state index in [4.69, 9.17) is 0 Å². The highest BCUT2D eigenvalue weighted by Crippen LogP contribution is 2.28. The summed E-state index contributed by atoms with van der Waals surface area (Å²) < 4.78 is 0. The van der Waals surface area contributed by atoms with Gasteiger partial charge < -0.3 is 10.6 Å². The Balaban J connectivity index is 1.66. The van der Waals surface area contributed by atoms with Gasteiger partial charge in [0, 0.05) is 25.3 Å². The Morgan fingerprint density at radius 1 is 1.47 bits per heavy atom. The van der Waals surface area contributed by atoms with Gasteiger partial charge in [-0.2, -0.15) is 5.10 Å². The van der Waals surface area contributed by atoms with Crippen molar-refractivity contribution in [2.75, 3.05) is 19.6 Å². The molecule has 1 saturated carbocycles. The van der Waals surface area contributed by atoms with Crippen molar-refractivity contribution in [2.45, 2.75) is 39.5 Å². The summed E-state index contributed by atoms with van der Waals surface area (Å²) in [4.78, 5) is 4.60. The van der Waals surface area contributed by atoms with E-state index in [0.29, 0.717) is 0 Å². The highest BCUT2D eigenvalue weighted by molar-refractivity contribution is 5.79. The third-order valence-corrected chi connectivity index (χ3v) is 3.40. The van der Waals surface area contributed by atoms with Gasteiger partial charge in [0.25, 0.3) is 0 Å². The number of nitrogens with one attached hydrogen (secondary N) is 3. The maximum Gasteiger partial charge on any atom is 0.191 e. The summed E-state index contributed by atoms with van der Waals surface area (Å²) >= 11 is 0. The Morgan fingerprint density at radius 3 is 2.95 bits per heavy atom. The SMILES string of the molecule is CCNC(=NCC1CC1)NCCCc1cn[nH]c1C. The van der Waals surface area contributed by atoms with Gasteiger partial charge >= 0.3 is 0 Å². The van der Waals surface area contributed by atoms with E-state index in [2.05, 4.69) is 39.7 Å². The summed E-state index contributed by atoms with van der Waals surface area (Å²) in [6, 6.07) is 0. The molecule has 1 heterocycles. The highest BCUT2D eigenvalue weighted by Gasteiger charge is 2.20. The second-order valence-electron chi connectivity index (χ2n) is 5.21. The zero-order valence-corrected chi connectivity index (χ0v) is 12.0. The molecule has 0 spiro atoms. The van der Waals surface area contributed by atoms with E-state index in [9.17, 15) is 0 Å². The monoisotopic (exact) mass is 263 g/mol. The van der Waals surface area contributed by atoms with Crippen LogP contribution in [0.25, 0.3) is 0 Å². The molecule has 0 atom stereocenters. The number of aromatic amines is 1. The van der Waals surface area contributed by atoms with Crippen molar-refractivity contribution in [3.05, 3.63) is 17.5 Å². The van der Waals surface area contributed by atoms with E-state index in [1.807, 2.05) is 6.20 Å². The van der Waals surface area contributed by atoms with E-state index in [-0.39, 0.29) is 0 Å². The van der Waals surface area contributed by atoms with E-state index < -0.39 is 0 Å². The molecule has 2 rings (SSSR count). The molecule has 106 valence electrons. The Kier molecular flexibility index (Phi) is 5.24. The Labute approximate surface area is 115 Å². The molecule has 1 aromatic rings. The normalized spacial score (nSPS) is 15.6. The van der Waals surface area contributed by atoms with Crippen LogP contribution in [0.2, 0.25) is 0 Å². The number of rotatable bonds is 7. The standard InChI is InChI=1S/C14H25N5/c1-3-15-14(17-9-12-6-7-12)16-8-4-5-13-10-18-19-11(13)2/h10,12H,3-9H2,1-2H3,(H,18,19)(H2,15,16,17). The maximum atomic E-state index is 4.60. The van der Waals surface area contributed by atoms with Crippen LogP contribution in [0.1, 0.15) is 37.4 Å². The number of hydrogen-bond donors (Lipinski definition) is 3. The number of aryl methyl sites for hydroxylation is 2. The van der Waals surface area contributed by atoms with Gasteiger partial charge in [0.15, 0.2) is 5.96 Å². The number of guanidine groups is 1. The summed E-state index contributed by atoms with van der Waals surface area (Å²) in [7, 11) is 0.